The van der Waals surface area contributed by atoms with Gasteiger partial charge in [-0.25, -0.2) is 4.98 Å². The second-order valence-electron chi connectivity index (χ2n) is 6.09. The third-order valence-corrected chi connectivity index (χ3v) is 4.22. The number of benzene rings is 1. The second kappa shape index (κ2) is 6.96. The zero-order valence-electron chi connectivity index (χ0n) is 13.3. The van der Waals surface area contributed by atoms with Crippen molar-refractivity contribution in [1.29, 1.82) is 0 Å². The standard InChI is InChI=1S/C18H22N2O3/c1-12-16(20-18(23-12)14-5-3-2-4-6-14)11-17(22)19-15(9-10-21)13-7-8-13/h2-6,13,15,21H,7-11H2,1H3,(H,19,22). The predicted octanol–water partition coefficient (Wildman–Crippen LogP) is 2.47. The topological polar surface area (TPSA) is 75.4 Å². The minimum absolute atomic E-state index is 0.0636. The molecule has 0 radical (unpaired) electrons. The van der Waals surface area contributed by atoms with Gasteiger partial charge in [-0.15, -0.1) is 0 Å². The van der Waals surface area contributed by atoms with Gasteiger partial charge in [0.15, 0.2) is 0 Å². The third kappa shape index (κ3) is 3.99. The summed E-state index contributed by atoms with van der Waals surface area (Å²) in [4.78, 5) is 16.7. The lowest BCUT2D eigenvalue weighted by atomic mass is 10.1. The number of aromatic nitrogens is 1. The van der Waals surface area contributed by atoms with E-state index in [4.69, 9.17) is 9.52 Å². The molecule has 0 bridgehead atoms. The molecule has 1 aliphatic carbocycles. The Bertz CT molecular complexity index is 662. The average Bonchev–Trinajstić information content (AvgIpc) is 3.33. The molecule has 0 aliphatic heterocycles. The van der Waals surface area contributed by atoms with E-state index >= 15 is 0 Å². The fourth-order valence-electron chi connectivity index (χ4n) is 2.77. The molecule has 5 nitrogen and oxygen atoms in total. The Labute approximate surface area is 135 Å². The van der Waals surface area contributed by atoms with Crippen LogP contribution in [0.3, 0.4) is 0 Å². The van der Waals surface area contributed by atoms with Crippen LogP contribution in [0.25, 0.3) is 11.5 Å². The summed E-state index contributed by atoms with van der Waals surface area (Å²) in [5.41, 5.74) is 1.57. The van der Waals surface area contributed by atoms with Crippen LogP contribution >= 0.6 is 0 Å². The highest BCUT2D eigenvalue weighted by molar-refractivity contribution is 5.78. The molecule has 3 rings (SSSR count). The van der Waals surface area contributed by atoms with Gasteiger partial charge < -0.3 is 14.8 Å². The van der Waals surface area contributed by atoms with Crippen molar-refractivity contribution in [3.63, 3.8) is 0 Å². The van der Waals surface area contributed by atoms with Gasteiger partial charge in [0.25, 0.3) is 0 Å². The number of hydrogen-bond acceptors (Lipinski definition) is 4. The summed E-state index contributed by atoms with van der Waals surface area (Å²) in [5.74, 6) is 1.67. The zero-order chi connectivity index (χ0) is 16.2. The number of hydrogen-bond donors (Lipinski definition) is 2. The van der Waals surface area contributed by atoms with Crippen molar-refractivity contribution < 1.29 is 14.3 Å². The Morgan fingerprint density at radius 1 is 1.39 bits per heavy atom. The third-order valence-electron chi connectivity index (χ3n) is 4.22. The van der Waals surface area contributed by atoms with Gasteiger partial charge in [-0.05, 0) is 44.2 Å². The smallest absolute Gasteiger partial charge is 0.226 e. The molecular formula is C18H22N2O3. The van der Waals surface area contributed by atoms with E-state index in [1.807, 2.05) is 37.3 Å². The van der Waals surface area contributed by atoms with Gasteiger partial charge in [0.2, 0.25) is 11.8 Å². The molecule has 1 aliphatic rings. The maximum absolute atomic E-state index is 12.3. The fourth-order valence-corrected chi connectivity index (χ4v) is 2.77. The van der Waals surface area contributed by atoms with E-state index < -0.39 is 0 Å². The van der Waals surface area contributed by atoms with Crippen LogP contribution in [-0.4, -0.2) is 28.6 Å². The summed E-state index contributed by atoms with van der Waals surface area (Å²) in [6, 6.07) is 9.73. The zero-order valence-corrected chi connectivity index (χ0v) is 13.3. The Morgan fingerprint density at radius 3 is 2.78 bits per heavy atom. The quantitative estimate of drug-likeness (QED) is 0.823. The number of aliphatic hydroxyl groups excluding tert-OH is 1. The fraction of sp³-hybridized carbons (Fsp3) is 0.444. The van der Waals surface area contributed by atoms with E-state index in [0.29, 0.717) is 29.7 Å². The summed E-state index contributed by atoms with van der Waals surface area (Å²) < 4.78 is 5.68. The molecule has 2 aromatic rings. The number of nitrogens with one attached hydrogen (secondary N) is 1. The summed E-state index contributed by atoms with van der Waals surface area (Å²) in [7, 11) is 0. The van der Waals surface area contributed by atoms with Gasteiger partial charge in [-0.3, -0.25) is 4.79 Å². The molecule has 1 heterocycles. The first-order chi connectivity index (χ1) is 11.2. The van der Waals surface area contributed by atoms with Crippen molar-refractivity contribution >= 4 is 5.91 Å². The molecule has 1 saturated carbocycles. The van der Waals surface area contributed by atoms with Crippen molar-refractivity contribution in [3.8, 4) is 11.5 Å². The lowest BCUT2D eigenvalue weighted by molar-refractivity contribution is -0.121. The first kappa shape index (κ1) is 15.7. The summed E-state index contributed by atoms with van der Waals surface area (Å²) >= 11 is 0. The highest BCUT2D eigenvalue weighted by atomic mass is 16.4. The van der Waals surface area contributed by atoms with Crippen molar-refractivity contribution in [2.45, 2.75) is 38.6 Å². The van der Waals surface area contributed by atoms with Crippen LogP contribution < -0.4 is 5.32 Å². The largest absolute Gasteiger partial charge is 0.441 e. The van der Waals surface area contributed by atoms with Crippen molar-refractivity contribution in [2.24, 2.45) is 5.92 Å². The maximum atomic E-state index is 12.3. The van der Waals surface area contributed by atoms with Crippen LogP contribution in [0.4, 0.5) is 0 Å². The maximum Gasteiger partial charge on any atom is 0.226 e. The molecule has 1 aromatic heterocycles. The van der Waals surface area contributed by atoms with Crippen molar-refractivity contribution in [3.05, 3.63) is 41.8 Å². The number of aryl methyl sites for hydroxylation is 1. The summed E-state index contributed by atoms with van der Waals surface area (Å²) in [6.07, 6.45) is 3.08. The lowest BCUT2D eigenvalue weighted by Crippen LogP contribution is -2.38. The predicted molar refractivity (Wildman–Crippen MR) is 86.7 cm³/mol. The highest BCUT2D eigenvalue weighted by Gasteiger charge is 2.32. The molecule has 1 amide bonds. The van der Waals surface area contributed by atoms with E-state index in [0.717, 1.165) is 18.4 Å². The Balaban J connectivity index is 1.65. The second-order valence-corrected chi connectivity index (χ2v) is 6.09. The van der Waals surface area contributed by atoms with E-state index in [1.165, 1.54) is 0 Å². The molecule has 23 heavy (non-hydrogen) atoms. The lowest BCUT2D eigenvalue weighted by Gasteiger charge is -2.16. The van der Waals surface area contributed by atoms with Gasteiger partial charge in [-0.2, -0.15) is 0 Å². The molecule has 1 unspecified atom stereocenters. The molecule has 1 aromatic carbocycles. The van der Waals surface area contributed by atoms with Crippen LogP contribution in [0.1, 0.15) is 30.7 Å². The minimum atomic E-state index is -0.0636. The Kier molecular flexibility index (Phi) is 4.76. The SMILES string of the molecule is Cc1oc(-c2ccccc2)nc1CC(=O)NC(CCO)C1CC1. The molecule has 5 heteroatoms. The normalized spacial score (nSPS) is 15.4. The molecule has 2 N–H and O–H groups in total. The van der Waals surface area contributed by atoms with Crippen molar-refractivity contribution in [1.82, 2.24) is 10.3 Å². The first-order valence-corrected chi connectivity index (χ1v) is 8.09. The van der Waals surface area contributed by atoms with Gasteiger partial charge in [0.1, 0.15) is 5.76 Å². The Morgan fingerprint density at radius 2 is 2.13 bits per heavy atom. The monoisotopic (exact) mass is 314 g/mol. The van der Waals surface area contributed by atoms with Gasteiger partial charge in [0, 0.05) is 18.2 Å². The van der Waals surface area contributed by atoms with E-state index in [2.05, 4.69) is 10.3 Å². The van der Waals surface area contributed by atoms with Crippen LogP contribution in [0.2, 0.25) is 0 Å². The molecule has 0 saturated heterocycles. The molecular weight excluding hydrogens is 292 g/mol. The number of carbonyl (C=O) groups is 1. The molecule has 0 spiro atoms. The minimum Gasteiger partial charge on any atom is -0.441 e. The van der Waals surface area contributed by atoms with E-state index in [-0.39, 0.29) is 25.0 Å². The number of oxazole rings is 1. The number of rotatable bonds is 7. The molecule has 122 valence electrons. The number of carbonyl (C=O) groups excluding carboxylic acids is 1. The van der Waals surface area contributed by atoms with Gasteiger partial charge >= 0.3 is 0 Å². The number of nitrogens with zero attached hydrogens (tertiary/aromatic N) is 1. The van der Waals surface area contributed by atoms with Crippen LogP contribution in [0, 0.1) is 12.8 Å². The molecule has 1 atom stereocenters. The Hall–Kier alpha value is -2.14. The number of aliphatic hydroxyl groups is 1. The average molecular weight is 314 g/mol. The van der Waals surface area contributed by atoms with Crippen LogP contribution in [0.15, 0.2) is 34.7 Å². The highest BCUT2D eigenvalue weighted by Crippen LogP contribution is 2.34. The first-order valence-electron chi connectivity index (χ1n) is 8.09. The van der Waals surface area contributed by atoms with Crippen LogP contribution in [-0.2, 0) is 11.2 Å². The van der Waals surface area contributed by atoms with Gasteiger partial charge in [0.05, 0.1) is 12.1 Å². The van der Waals surface area contributed by atoms with E-state index in [9.17, 15) is 4.79 Å². The van der Waals surface area contributed by atoms with Gasteiger partial charge in [-0.1, -0.05) is 18.2 Å². The molecule has 1 fully saturated rings. The van der Waals surface area contributed by atoms with Crippen LogP contribution in [0.5, 0.6) is 0 Å². The van der Waals surface area contributed by atoms with E-state index in [1.54, 1.807) is 0 Å². The number of amides is 1. The summed E-state index contributed by atoms with van der Waals surface area (Å²) in [5, 5.41) is 12.1. The summed E-state index contributed by atoms with van der Waals surface area (Å²) in [6.45, 7) is 1.93. The van der Waals surface area contributed by atoms with Crippen molar-refractivity contribution in [2.75, 3.05) is 6.61 Å².